The van der Waals surface area contributed by atoms with Crippen LogP contribution < -0.4 is 10.6 Å². The molecule has 1 amide bonds. The van der Waals surface area contributed by atoms with Crippen LogP contribution in [0, 0.1) is 13.8 Å². The number of anilines is 1. The number of aliphatic carboxylic acids is 1. The summed E-state index contributed by atoms with van der Waals surface area (Å²) in [6.07, 6.45) is 5.92. The molecule has 0 spiro atoms. The maximum absolute atomic E-state index is 12.3. The second-order valence-electron chi connectivity index (χ2n) is 11.8. The molecule has 0 bridgehead atoms. The van der Waals surface area contributed by atoms with Gasteiger partial charge in [-0.3, -0.25) is 14.9 Å². The van der Waals surface area contributed by atoms with Crippen molar-refractivity contribution in [1.82, 2.24) is 5.32 Å². The van der Waals surface area contributed by atoms with Gasteiger partial charge in [0, 0.05) is 5.69 Å². The van der Waals surface area contributed by atoms with Crippen molar-refractivity contribution in [1.29, 1.82) is 0 Å². The zero-order valence-electron chi connectivity index (χ0n) is 26.6. The number of carboxylic acids is 1. The molecule has 4 aromatic rings. The number of rotatable bonds is 11. The predicted molar refractivity (Wildman–Crippen MR) is 192 cm³/mol. The Balaban J connectivity index is 1.36. The Hall–Kier alpha value is -4.88. The number of aryl methyl sites for hydroxylation is 2. The number of nitrogens with one attached hydrogen (secondary N) is 2. The first kappa shape index (κ1) is 32.5. The number of aliphatic imine (C=N–C) groups is 1. The van der Waals surface area contributed by atoms with Crippen LogP contribution in [0.1, 0.15) is 65.6 Å². The van der Waals surface area contributed by atoms with Gasteiger partial charge >= 0.3 is 5.97 Å². The van der Waals surface area contributed by atoms with E-state index >= 15 is 0 Å². The number of benzene rings is 4. The van der Waals surface area contributed by atoms with Gasteiger partial charge in [-0.05, 0) is 96.0 Å². The number of hydrogen-bond acceptors (Lipinski definition) is 5. The highest BCUT2D eigenvalue weighted by Gasteiger charge is 2.26. The molecule has 7 heteroatoms. The van der Waals surface area contributed by atoms with E-state index in [1.165, 1.54) is 33.4 Å². The van der Waals surface area contributed by atoms with Crippen LogP contribution in [0.25, 0.3) is 17.7 Å². The molecule has 46 heavy (non-hydrogen) atoms. The average Bonchev–Trinajstić information content (AvgIpc) is 3.40. The smallest absolute Gasteiger partial charge is 0.313 e. The Kier molecular flexibility index (Phi) is 10.2. The molecule has 0 fully saturated rings. The summed E-state index contributed by atoms with van der Waals surface area (Å²) in [7, 11) is 0. The SMILES string of the molecule is CCC[C@](C)(Nc1ccc(/C=C2\N=C(SCC(=O)O)NC2=O)cc1)c1ccc(/C=C(\c2ccccc2)c2ccc(C)c(C)c2)cc1. The third-order valence-corrected chi connectivity index (χ3v) is 9.01. The van der Waals surface area contributed by atoms with E-state index in [1.807, 2.05) is 30.3 Å². The van der Waals surface area contributed by atoms with Gasteiger partial charge in [-0.1, -0.05) is 110 Å². The maximum Gasteiger partial charge on any atom is 0.313 e. The van der Waals surface area contributed by atoms with Crippen molar-refractivity contribution in [2.45, 2.75) is 46.1 Å². The Labute approximate surface area is 275 Å². The Morgan fingerprint density at radius 3 is 2.26 bits per heavy atom. The number of amides is 1. The molecular weight excluding hydrogens is 591 g/mol. The van der Waals surface area contributed by atoms with Gasteiger partial charge in [0.1, 0.15) is 5.70 Å². The van der Waals surface area contributed by atoms with Crippen molar-refractivity contribution < 1.29 is 14.7 Å². The van der Waals surface area contributed by atoms with Crippen LogP contribution in [0.15, 0.2) is 108 Å². The Bertz CT molecular complexity index is 1810. The van der Waals surface area contributed by atoms with Crippen molar-refractivity contribution in [3.63, 3.8) is 0 Å². The van der Waals surface area contributed by atoms with E-state index < -0.39 is 5.97 Å². The van der Waals surface area contributed by atoms with Crippen molar-refractivity contribution in [3.05, 3.63) is 142 Å². The molecule has 0 radical (unpaired) electrons. The molecule has 3 N–H and O–H groups in total. The van der Waals surface area contributed by atoms with Gasteiger partial charge < -0.3 is 10.4 Å². The fourth-order valence-electron chi connectivity index (χ4n) is 5.54. The second kappa shape index (κ2) is 14.5. The van der Waals surface area contributed by atoms with Crippen LogP contribution in [0.2, 0.25) is 0 Å². The van der Waals surface area contributed by atoms with Gasteiger partial charge in [0.25, 0.3) is 5.91 Å². The summed E-state index contributed by atoms with van der Waals surface area (Å²) in [6.45, 7) is 8.73. The lowest BCUT2D eigenvalue weighted by Gasteiger charge is -2.33. The lowest BCUT2D eigenvalue weighted by Crippen LogP contribution is -2.31. The minimum absolute atomic E-state index is 0.162. The third kappa shape index (κ3) is 8.03. The number of thioether (sulfide) groups is 1. The molecule has 1 heterocycles. The molecule has 234 valence electrons. The monoisotopic (exact) mass is 629 g/mol. The molecule has 4 aromatic carbocycles. The van der Waals surface area contributed by atoms with Gasteiger partial charge in [-0.25, -0.2) is 4.99 Å². The summed E-state index contributed by atoms with van der Waals surface area (Å²) in [5.41, 5.74) is 10.2. The highest BCUT2D eigenvalue weighted by Crippen LogP contribution is 2.33. The number of amidine groups is 1. The minimum atomic E-state index is -0.962. The average molecular weight is 630 g/mol. The lowest BCUT2D eigenvalue weighted by molar-refractivity contribution is -0.133. The van der Waals surface area contributed by atoms with E-state index in [-0.39, 0.29) is 22.9 Å². The van der Waals surface area contributed by atoms with Crippen LogP contribution >= 0.6 is 11.8 Å². The summed E-state index contributed by atoms with van der Waals surface area (Å²) in [5, 5.41) is 15.6. The van der Waals surface area contributed by atoms with Crippen molar-refractivity contribution >= 4 is 52.2 Å². The maximum atomic E-state index is 12.3. The molecule has 1 aliphatic heterocycles. The first-order valence-corrected chi connectivity index (χ1v) is 16.4. The largest absolute Gasteiger partial charge is 0.481 e. The van der Waals surface area contributed by atoms with Crippen LogP contribution in [0.4, 0.5) is 5.69 Å². The highest BCUT2D eigenvalue weighted by atomic mass is 32.2. The molecule has 6 nitrogen and oxygen atoms in total. The normalized spacial score (nSPS) is 15.3. The number of carboxylic acid groups (broad SMARTS) is 1. The van der Waals surface area contributed by atoms with E-state index in [0.717, 1.165) is 41.4 Å². The summed E-state index contributed by atoms with van der Waals surface area (Å²) >= 11 is 0.988. The summed E-state index contributed by atoms with van der Waals surface area (Å²) in [5.74, 6) is -1.46. The van der Waals surface area contributed by atoms with Crippen LogP contribution in [0.5, 0.6) is 0 Å². The number of nitrogens with zero attached hydrogens (tertiary/aromatic N) is 1. The minimum Gasteiger partial charge on any atom is -0.481 e. The zero-order valence-corrected chi connectivity index (χ0v) is 27.4. The number of carbonyl (C=O) groups is 2. The quantitative estimate of drug-likeness (QED) is 0.114. The van der Waals surface area contributed by atoms with Gasteiger partial charge in [0.15, 0.2) is 5.17 Å². The summed E-state index contributed by atoms with van der Waals surface area (Å²) < 4.78 is 0. The second-order valence-corrected chi connectivity index (χ2v) is 12.7. The lowest BCUT2D eigenvalue weighted by atomic mass is 9.86. The first-order chi connectivity index (χ1) is 22.1. The Morgan fingerprint density at radius 1 is 0.913 bits per heavy atom. The number of carbonyl (C=O) groups excluding carboxylic acids is 1. The fraction of sp³-hybridized carbons (Fsp3) is 0.205. The highest BCUT2D eigenvalue weighted by molar-refractivity contribution is 8.14. The van der Waals surface area contributed by atoms with E-state index in [9.17, 15) is 9.59 Å². The van der Waals surface area contributed by atoms with Crippen molar-refractivity contribution in [3.8, 4) is 0 Å². The van der Waals surface area contributed by atoms with Gasteiger partial charge in [-0.15, -0.1) is 0 Å². The molecule has 0 saturated heterocycles. The van der Waals surface area contributed by atoms with Crippen LogP contribution in [-0.2, 0) is 15.1 Å². The van der Waals surface area contributed by atoms with Crippen molar-refractivity contribution in [2.24, 2.45) is 4.99 Å². The van der Waals surface area contributed by atoms with E-state index in [0.29, 0.717) is 5.17 Å². The molecule has 5 rings (SSSR count). The van der Waals surface area contributed by atoms with E-state index in [1.54, 1.807) is 6.08 Å². The predicted octanol–water partition coefficient (Wildman–Crippen LogP) is 8.66. The molecule has 1 aliphatic rings. The third-order valence-electron chi connectivity index (χ3n) is 8.15. The van der Waals surface area contributed by atoms with Crippen LogP contribution in [-0.4, -0.2) is 27.9 Å². The van der Waals surface area contributed by atoms with Gasteiger partial charge in [0.2, 0.25) is 0 Å². The van der Waals surface area contributed by atoms with E-state index in [4.69, 9.17) is 5.11 Å². The van der Waals surface area contributed by atoms with Gasteiger partial charge in [0.05, 0.1) is 11.3 Å². The standard InChI is InChI=1S/C39H39N3O3S/c1-5-21-39(4,42-33-19-14-29(15-20-33)24-35-37(45)41-38(40-35)46-25-36(43)44)32-17-12-28(13-18-32)23-34(30-9-7-6-8-10-30)31-16-11-26(2)27(3)22-31/h6-20,22-24,42H,5,21,25H2,1-4H3,(H,43,44)(H,40,41,45)/b34-23+,35-24-/t39-/m0/s1. The molecule has 0 aliphatic carbocycles. The van der Waals surface area contributed by atoms with Crippen molar-refractivity contribution in [2.75, 3.05) is 11.1 Å². The molecule has 0 aromatic heterocycles. The molecule has 1 atom stereocenters. The van der Waals surface area contributed by atoms with Gasteiger partial charge in [-0.2, -0.15) is 0 Å². The molecule has 0 unspecified atom stereocenters. The molecular formula is C39H39N3O3S. The summed E-state index contributed by atoms with van der Waals surface area (Å²) in [6, 6.07) is 33.9. The van der Waals surface area contributed by atoms with E-state index in [2.05, 4.69) is 116 Å². The first-order valence-electron chi connectivity index (χ1n) is 15.4. The topological polar surface area (TPSA) is 90.8 Å². The van der Waals surface area contributed by atoms with Crippen LogP contribution in [0.3, 0.4) is 0 Å². The fourth-order valence-corrected chi connectivity index (χ4v) is 6.13. The summed E-state index contributed by atoms with van der Waals surface area (Å²) in [4.78, 5) is 27.4. The molecule has 0 saturated carbocycles. The number of hydrogen-bond donors (Lipinski definition) is 3. The zero-order chi connectivity index (χ0) is 32.7. The Morgan fingerprint density at radius 2 is 1.61 bits per heavy atom.